The third-order valence-corrected chi connectivity index (χ3v) is 6.81. The van der Waals surface area contributed by atoms with Crippen molar-refractivity contribution in [1.82, 2.24) is 24.9 Å². The van der Waals surface area contributed by atoms with Crippen molar-refractivity contribution in [1.29, 1.82) is 0 Å². The summed E-state index contributed by atoms with van der Waals surface area (Å²) in [6.07, 6.45) is 7.22. The SMILES string of the molecule is CN1CCN(C(=O)[C@H]2CCCN(c3ncccc3-c3noc(C4CCC4)n3)C2)CC1. The molecule has 30 heavy (non-hydrogen) atoms. The number of amides is 1. The lowest BCUT2D eigenvalue weighted by molar-refractivity contribution is -0.137. The second kappa shape index (κ2) is 8.34. The van der Waals surface area contributed by atoms with Crippen molar-refractivity contribution in [2.45, 2.75) is 38.0 Å². The second-order valence-corrected chi connectivity index (χ2v) is 8.87. The van der Waals surface area contributed by atoms with Gasteiger partial charge in [-0.25, -0.2) is 4.98 Å². The molecule has 5 rings (SSSR count). The number of likely N-dealkylation sites (N-methyl/N-ethyl adjacent to an activating group) is 1. The van der Waals surface area contributed by atoms with Crippen LogP contribution in [0.2, 0.25) is 0 Å². The molecule has 2 aromatic heterocycles. The first-order chi connectivity index (χ1) is 14.7. The zero-order chi connectivity index (χ0) is 20.5. The van der Waals surface area contributed by atoms with Gasteiger partial charge in [0.25, 0.3) is 0 Å². The van der Waals surface area contributed by atoms with Crippen molar-refractivity contribution < 1.29 is 9.32 Å². The average Bonchev–Trinajstić information content (AvgIpc) is 3.22. The molecule has 1 saturated carbocycles. The molecule has 2 aliphatic heterocycles. The Labute approximate surface area is 177 Å². The molecule has 0 N–H and O–H groups in total. The number of piperazine rings is 1. The topological polar surface area (TPSA) is 78.6 Å². The zero-order valence-corrected chi connectivity index (χ0v) is 17.7. The van der Waals surface area contributed by atoms with E-state index in [2.05, 4.69) is 32.0 Å². The summed E-state index contributed by atoms with van der Waals surface area (Å²) in [6, 6.07) is 3.92. The van der Waals surface area contributed by atoms with E-state index in [9.17, 15) is 4.79 Å². The number of hydrogen-bond donors (Lipinski definition) is 0. The van der Waals surface area contributed by atoms with Crippen LogP contribution in [0.3, 0.4) is 0 Å². The molecule has 160 valence electrons. The molecule has 8 nitrogen and oxygen atoms in total. The number of rotatable bonds is 4. The average molecular weight is 411 g/mol. The van der Waals surface area contributed by atoms with E-state index in [1.54, 1.807) is 6.20 Å². The third kappa shape index (κ3) is 3.80. The van der Waals surface area contributed by atoms with Gasteiger partial charge in [0.2, 0.25) is 17.6 Å². The largest absolute Gasteiger partial charge is 0.355 e. The number of hydrogen-bond acceptors (Lipinski definition) is 7. The van der Waals surface area contributed by atoms with Crippen molar-refractivity contribution in [2.24, 2.45) is 5.92 Å². The Bertz CT molecular complexity index is 887. The minimum atomic E-state index is 0.0211. The maximum Gasteiger partial charge on any atom is 0.230 e. The van der Waals surface area contributed by atoms with E-state index in [-0.39, 0.29) is 11.8 Å². The zero-order valence-electron chi connectivity index (χ0n) is 17.7. The number of piperidine rings is 1. The van der Waals surface area contributed by atoms with Gasteiger partial charge in [-0.05, 0) is 44.9 Å². The van der Waals surface area contributed by atoms with Crippen LogP contribution in [0.15, 0.2) is 22.9 Å². The molecular formula is C22H30N6O2. The minimum absolute atomic E-state index is 0.0211. The number of anilines is 1. The summed E-state index contributed by atoms with van der Waals surface area (Å²) in [6.45, 7) is 5.15. The van der Waals surface area contributed by atoms with Crippen molar-refractivity contribution in [3.05, 3.63) is 24.2 Å². The Balaban J connectivity index is 1.33. The van der Waals surface area contributed by atoms with Gasteiger partial charge in [0.1, 0.15) is 5.82 Å². The molecule has 1 amide bonds. The fourth-order valence-corrected chi connectivity index (χ4v) is 4.65. The minimum Gasteiger partial charge on any atom is -0.355 e. The van der Waals surface area contributed by atoms with Gasteiger partial charge in [-0.15, -0.1) is 0 Å². The fraction of sp³-hybridized carbons (Fsp3) is 0.636. The Morgan fingerprint density at radius 2 is 1.93 bits per heavy atom. The predicted molar refractivity (Wildman–Crippen MR) is 113 cm³/mol. The molecule has 3 aliphatic rings. The second-order valence-electron chi connectivity index (χ2n) is 8.87. The standard InChI is InChI=1S/C22H30N6O2/c1-26-11-13-27(14-12-26)22(29)17-7-4-10-28(15-17)20-18(8-3-9-23-20)19-24-21(30-25-19)16-5-2-6-16/h3,8-9,16-17H,2,4-7,10-15H2,1H3/t17-/m0/s1. The first kappa shape index (κ1) is 19.5. The Morgan fingerprint density at radius 3 is 2.70 bits per heavy atom. The van der Waals surface area contributed by atoms with Crippen LogP contribution in [0, 0.1) is 5.92 Å². The summed E-state index contributed by atoms with van der Waals surface area (Å²) < 4.78 is 5.54. The molecule has 1 aliphatic carbocycles. The number of nitrogens with zero attached hydrogens (tertiary/aromatic N) is 6. The smallest absolute Gasteiger partial charge is 0.230 e. The molecule has 0 spiro atoms. The number of aromatic nitrogens is 3. The summed E-state index contributed by atoms with van der Waals surface area (Å²) in [5.74, 6) is 2.92. The molecule has 1 atom stereocenters. The van der Waals surface area contributed by atoms with Crippen LogP contribution >= 0.6 is 0 Å². The summed E-state index contributed by atoms with van der Waals surface area (Å²) in [7, 11) is 2.11. The van der Waals surface area contributed by atoms with Crippen molar-refractivity contribution in [3.63, 3.8) is 0 Å². The van der Waals surface area contributed by atoms with Crippen molar-refractivity contribution in [2.75, 3.05) is 51.2 Å². The Hall–Kier alpha value is -2.48. The van der Waals surface area contributed by atoms with E-state index in [1.807, 2.05) is 17.0 Å². The lowest BCUT2D eigenvalue weighted by Gasteiger charge is -2.38. The van der Waals surface area contributed by atoms with Crippen LogP contribution in [0.25, 0.3) is 11.4 Å². The van der Waals surface area contributed by atoms with Gasteiger partial charge >= 0.3 is 0 Å². The highest BCUT2D eigenvalue weighted by Crippen LogP contribution is 2.37. The van der Waals surface area contributed by atoms with Gasteiger partial charge in [0.15, 0.2) is 0 Å². The number of carbonyl (C=O) groups excluding carboxylic acids is 1. The fourth-order valence-electron chi connectivity index (χ4n) is 4.65. The van der Waals surface area contributed by atoms with Crippen LogP contribution < -0.4 is 4.90 Å². The molecular weight excluding hydrogens is 380 g/mol. The van der Waals surface area contributed by atoms with E-state index in [4.69, 9.17) is 4.52 Å². The summed E-state index contributed by atoms with van der Waals surface area (Å²) >= 11 is 0. The lowest BCUT2D eigenvalue weighted by Crippen LogP contribution is -2.51. The first-order valence-electron chi connectivity index (χ1n) is 11.2. The van der Waals surface area contributed by atoms with Gasteiger partial charge < -0.3 is 19.2 Å². The van der Waals surface area contributed by atoms with Crippen molar-refractivity contribution in [3.8, 4) is 11.4 Å². The lowest BCUT2D eigenvalue weighted by atomic mass is 9.85. The molecule has 0 aromatic carbocycles. The number of pyridine rings is 1. The van der Waals surface area contributed by atoms with Gasteiger partial charge in [-0.2, -0.15) is 4.98 Å². The maximum absolute atomic E-state index is 13.1. The molecule has 0 unspecified atom stereocenters. The van der Waals surface area contributed by atoms with E-state index in [0.29, 0.717) is 18.3 Å². The van der Waals surface area contributed by atoms with Crippen LogP contribution in [-0.4, -0.2) is 77.1 Å². The number of carbonyl (C=O) groups is 1. The van der Waals surface area contributed by atoms with Crippen LogP contribution in [-0.2, 0) is 4.79 Å². The molecule has 2 aromatic rings. The third-order valence-electron chi connectivity index (χ3n) is 6.81. The predicted octanol–water partition coefficient (Wildman–Crippen LogP) is 2.39. The first-order valence-corrected chi connectivity index (χ1v) is 11.2. The Morgan fingerprint density at radius 1 is 1.10 bits per heavy atom. The molecule has 2 saturated heterocycles. The van der Waals surface area contributed by atoms with Gasteiger partial charge in [0.05, 0.1) is 11.5 Å². The molecule has 8 heteroatoms. The monoisotopic (exact) mass is 410 g/mol. The normalized spacial score (nSPS) is 23.4. The molecule has 0 bridgehead atoms. The van der Waals surface area contributed by atoms with Crippen molar-refractivity contribution >= 4 is 11.7 Å². The highest BCUT2D eigenvalue weighted by Gasteiger charge is 2.32. The summed E-state index contributed by atoms with van der Waals surface area (Å²) in [5, 5.41) is 4.25. The highest BCUT2D eigenvalue weighted by atomic mass is 16.5. The van der Waals surface area contributed by atoms with E-state index in [0.717, 1.165) is 75.7 Å². The van der Waals surface area contributed by atoms with Crippen LogP contribution in [0.1, 0.15) is 43.9 Å². The molecule has 3 fully saturated rings. The van der Waals surface area contributed by atoms with Gasteiger partial charge in [-0.3, -0.25) is 4.79 Å². The summed E-state index contributed by atoms with van der Waals surface area (Å²) in [5.41, 5.74) is 0.888. The molecule has 0 radical (unpaired) electrons. The maximum atomic E-state index is 13.1. The van der Waals surface area contributed by atoms with E-state index >= 15 is 0 Å². The Kier molecular flexibility index (Phi) is 5.41. The summed E-state index contributed by atoms with van der Waals surface area (Å²) in [4.78, 5) is 29.0. The van der Waals surface area contributed by atoms with Crippen LogP contribution in [0.4, 0.5) is 5.82 Å². The highest BCUT2D eigenvalue weighted by molar-refractivity contribution is 5.80. The van der Waals surface area contributed by atoms with Crippen LogP contribution in [0.5, 0.6) is 0 Å². The van der Waals surface area contributed by atoms with E-state index < -0.39 is 0 Å². The molecule has 4 heterocycles. The quantitative estimate of drug-likeness (QED) is 0.766. The van der Waals surface area contributed by atoms with E-state index in [1.165, 1.54) is 6.42 Å². The van der Waals surface area contributed by atoms with Gasteiger partial charge in [0, 0.05) is 51.4 Å². The van der Waals surface area contributed by atoms with Gasteiger partial charge in [-0.1, -0.05) is 11.6 Å².